The molecule has 0 unspecified atom stereocenters. The van der Waals surface area contributed by atoms with Crippen molar-refractivity contribution in [2.75, 3.05) is 13.1 Å². The lowest BCUT2D eigenvalue weighted by Crippen LogP contribution is -2.35. The molecule has 62 valence electrons. The van der Waals surface area contributed by atoms with Gasteiger partial charge in [0.1, 0.15) is 6.17 Å². The van der Waals surface area contributed by atoms with Crippen molar-refractivity contribution >= 4 is 0 Å². The number of hydrogen-bond donors (Lipinski definition) is 0. The van der Waals surface area contributed by atoms with Gasteiger partial charge >= 0.3 is 0 Å². The lowest BCUT2D eigenvalue weighted by molar-refractivity contribution is 0.240. The Labute approximate surface area is 66.9 Å². The number of alkyl halides is 1. The molecule has 0 radical (unpaired) electrons. The monoisotopic (exact) mass is 155 g/mol. The smallest absolute Gasteiger partial charge is 0.115 e. The number of rotatable bonds is 0. The summed E-state index contributed by atoms with van der Waals surface area (Å²) < 4.78 is 13.0. The first-order chi connectivity index (χ1) is 5.13. The molecule has 2 heteroatoms. The standard InChI is InChI=1S/C9H14FN/c1-7-3-4-11-6-8(10)5-9(7,11)2/h8H,1,3-6H2,2H3/t8-,9-/m0/s1. The van der Waals surface area contributed by atoms with E-state index < -0.39 is 6.17 Å². The highest BCUT2D eigenvalue weighted by Crippen LogP contribution is 2.42. The average molecular weight is 155 g/mol. The first-order valence-electron chi connectivity index (χ1n) is 4.20. The molecule has 2 saturated heterocycles. The van der Waals surface area contributed by atoms with Crippen molar-refractivity contribution in [1.82, 2.24) is 4.90 Å². The van der Waals surface area contributed by atoms with Crippen molar-refractivity contribution in [2.45, 2.75) is 31.5 Å². The van der Waals surface area contributed by atoms with Crippen LogP contribution in [0.1, 0.15) is 19.8 Å². The second-order valence-electron chi connectivity index (χ2n) is 3.87. The van der Waals surface area contributed by atoms with Crippen molar-refractivity contribution in [1.29, 1.82) is 0 Å². The van der Waals surface area contributed by atoms with Crippen molar-refractivity contribution in [3.05, 3.63) is 12.2 Å². The topological polar surface area (TPSA) is 3.24 Å². The van der Waals surface area contributed by atoms with Crippen LogP contribution in [0, 0.1) is 0 Å². The van der Waals surface area contributed by atoms with E-state index >= 15 is 0 Å². The highest BCUT2D eigenvalue weighted by molar-refractivity contribution is 5.24. The third-order valence-corrected chi connectivity index (χ3v) is 3.18. The summed E-state index contributed by atoms with van der Waals surface area (Å²) in [5.41, 5.74) is 1.22. The molecule has 0 saturated carbocycles. The van der Waals surface area contributed by atoms with Crippen LogP contribution in [-0.2, 0) is 0 Å². The van der Waals surface area contributed by atoms with Crippen LogP contribution in [0.25, 0.3) is 0 Å². The molecule has 0 spiro atoms. The summed E-state index contributed by atoms with van der Waals surface area (Å²) in [6, 6.07) is 0. The Morgan fingerprint density at radius 2 is 2.45 bits per heavy atom. The molecule has 0 aromatic carbocycles. The molecule has 1 nitrogen and oxygen atoms in total. The Bertz CT molecular complexity index is 202. The van der Waals surface area contributed by atoms with Gasteiger partial charge in [0, 0.05) is 25.0 Å². The third kappa shape index (κ3) is 0.853. The fourth-order valence-electron chi connectivity index (χ4n) is 2.31. The first kappa shape index (κ1) is 7.29. The van der Waals surface area contributed by atoms with Gasteiger partial charge in [0.25, 0.3) is 0 Å². The van der Waals surface area contributed by atoms with E-state index in [1.165, 1.54) is 5.57 Å². The fraction of sp³-hybridized carbons (Fsp3) is 0.778. The van der Waals surface area contributed by atoms with Gasteiger partial charge < -0.3 is 0 Å². The first-order valence-corrected chi connectivity index (χ1v) is 4.20. The van der Waals surface area contributed by atoms with Gasteiger partial charge in [-0.05, 0) is 13.3 Å². The minimum atomic E-state index is -0.628. The maximum Gasteiger partial charge on any atom is 0.115 e. The third-order valence-electron chi connectivity index (χ3n) is 3.18. The Morgan fingerprint density at radius 1 is 1.73 bits per heavy atom. The van der Waals surface area contributed by atoms with Gasteiger partial charge in [-0.15, -0.1) is 0 Å². The summed E-state index contributed by atoms with van der Waals surface area (Å²) in [4.78, 5) is 2.22. The zero-order valence-corrected chi connectivity index (χ0v) is 6.94. The molecule has 0 aliphatic carbocycles. The largest absolute Gasteiger partial charge is 0.291 e. The summed E-state index contributed by atoms with van der Waals surface area (Å²) in [6.07, 6.45) is 1.09. The molecular weight excluding hydrogens is 141 g/mol. The maximum atomic E-state index is 13.0. The molecule has 2 aliphatic heterocycles. The van der Waals surface area contributed by atoms with Crippen LogP contribution in [0.15, 0.2) is 12.2 Å². The van der Waals surface area contributed by atoms with Gasteiger partial charge in [-0.3, -0.25) is 4.90 Å². The van der Waals surface area contributed by atoms with Crippen LogP contribution in [0.3, 0.4) is 0 Å². The molecule has 2 atom stereocenters. The van der Waals surface area contributed by atoms with Crippen LogP contribution in [0.2, 0.25) is 0 Å². The summed E-state index contributed by atoms with van der Waals surface area (Å²) in [6.45, 7) is 7.74. The van der Waals surface area contributed by atoms with Crippen LogP contribution >= 0.6 is 0 Å². The summed E-state index contributed by atoms with van der Waals surface area (Å²) >= 11 is 0. The average Bonchev–Trinajstić information content (AvgIpc) is 2.32. The maximum absolute atomic E-state index is 13.0. The molecule has 2 aliphatic rings. The number of fused-ring (bicyclic) bond motifs is 1. The zero-order chi connectivity index (χ0) is 8.06. The Kier molecular flexibility index (Phi) is 1.37. The molecule has 0 amide bonds. The fourth-order valence-corrected chi connectivity index (χ4v) is 2.31. The second-order valence-corrected chi connectivity index (χ2v) is 3.87. The predicted octanol–water partition coefficient (Wildman–Crippen LogP) is 1.75. The predicted molar refractivity (Wildman–Crippen MR) is 43.2 cm³/mol. The number of hydrogen-bond acceptors (Lipinski definition) is 1. The van der Waals surface area contributed by atoms with Gasteiger partial charge in [0.15, 0.2) is 0 Å². The van der Waals surface area contributed by atoms with Crippen molar-refractivity contribution in [2.24, 2.45) is 0 Å². The SMILES string of the molecule is C=C1CCN2C[C@@H](F)C[C@@]12C. The minimum Gasteiger partial charge on any atom is -0.291 e. The van der Waals surface area contributed by atoms with Crippen LogP contribution in [-0.4, -0.2) is 29.7 Å². The van der Waals surface area contributed by atoms with E-state index in [1.54, 1.807) is 0 Å². The van der Waals surface area contributed by atoms with E-state index in [1.807, 2.05) is 0 Å². The highest BCUT2D eigenvalue weighted by atomic mass is 19.1. The van der Waals surface area contributed by atoms with Gasteiger partial charge in [-0.25, -0.2) is 4.39 Å². The molecule has 2 heterocycles. The van der Waals surface area contributed by atoms with Gasteiger partial charge in [0.2, 0.25) is 0 Å². The van der Waals surface area contributed by atoms with Gasteiger partial charge in [-0.1, -0.05) is 12.2 Å². The zero-order valence-electron chi connectivity index (χ0n) is 6.94. The van der Waals surface area contributed by atoms with E-state index in [0.717, 1.165) is 13.0 Å². The summed E-state index contributed by atoms with van der Waals surface area (Å²) in [7, 11) is 0. The van der Waals surface area contributed by atoms with Crippen molar-refractivity contribution < 1.29 is 4.39 Å². The van der Waals surface area contributed by atoms with Crippen LogP contribution < -0.4 is 0 Å². The quantitative estimate of drug-likeness (QED) is 0.482. The van der Waals surface area contributed by atoms with Crippen LogP contribution in [0.5, 0.6) is 0 Å². The number of nitrogens with zero attached hydrogens (tertiary/aromatic N) is 1. The summed E-state index contributed by atoms with van der Waals surface area (Å²) in [5.74, 6) is 0. The normalized spacial score (nSPS) is 44.9. The molecule has 0 aromatic heterocycles. The molecule has 0 N–H and O–H groups in total. The van der Waals surface area contributed by atoms with Crippen molar-refractivity contribution in [3.63, 3.8) is 0 Å². The van der Waals surface area contributed by atoms with E-state index in [0.29, 0.717) is 13.0 Å². The molecular formula is C9H14FN. The molecule has 0 aromatic rings. The molecule has 11 heavy (non-hydrogen) atoms. The Hall–Kier alpha value is -0.370. The lowest BCUT2D eigenvalue weighted by Gasteiger charge is -2.27. The van der Waals surface area contributed by atoms with Gasteiger partial charge in [0.05, 0.1) is 0 Å². The van der Waals surface area contributed by atoms with E-state index in [2.05, 4.69) is 18.4 Å². The number of halogens is 1. The van der Waals surface area contributed by atoms with E-state index in [-0.39, 0.29) is 5.54 Å². The Morgan fingerprint density at radius 3 is 3.09 bits per heavy atom. The van der Waals surface area contributed by atoms with E-state index in [9.17, 15) is 4.39 Å². The van der Waals surface area contributed by atoms with E-state index in [4.69, 9.17) is 0 Å². The highest BCUT2D eigenvalue weighted by Gasteiger charge is 2.47. The second kappa shape index (κ2) is 2.07. The Balaban J connectivity index is 2.26. The van der Waals surface area contributed by atoms with Crippen LogP contribution in [0.4, 0.5) is 4.39 Å². The van der Waals surface area contributed by atoms with Gasteiger partial charge in [-0.2, -0.15) is 0 Å². The lowest BCUT2D eigenvalue weighted by atomic mass is 9.92. The van der Waals surface area contributed by atoms with Crippen molar-refractivity contribution in [3.8, 4) is 0 Å². The molecule has 2 fully saturated rings. The molecule has 0 bridgehead atoms. The molecule has 2 rings (SSSR count). The minimum absolute atomic E-state index is 0.000579. The summed E-state index contributed by atoms with van der Waals surface area (Å²) in [5, 5.41) is 0.